The van der Waals surface area contributed by atoms with Crippen LogP contribution >= 0.6 is 0 Å². The lowest BCUT2D eigenvalue weighted by Gasteiger charge is -2.41. The molecular formula is C20H20O2. The third-order valence-electron chi connectivity index (χ3n) is 5.69. The Bertz CT molecular complexity index is 667. The third-order valence-corrected chi connectivity index (χ3v) is 5.69. The Labute approximate surface area is 130 Å². The normalized spacial score (nSPS) is 25.5. The summed E-state index contributed by atoms with van der Waals surface area (Å²) in [6.45, 7) is 4.46. The van der Waals surface area contributed by atoms with E-state index in [0.29, 0.717) is 23.3 Å². The maximum atomic E-state index is 9.63. The van der Waals surface area contributed by atoms with E-state index in [-0.39, 0.29) is 5.41 Å². The summed E-state index contributed by atoms with van der Waals surface area (Å²) in [6, 6.07) is 15.1. The zero-order valence-electron chi connectivity index (χ0n) is 12.5. The second-order valence-corrected chi connectivity index (χ2v) is 6.63. The average molecular weight is 292 g/mol. The van der Waals surface area contributed by atoms with Crippen LogP contribution in [0.4, 0.5) is 0 Å². The van der Waals surface area contributed by atoms with Gasteiger partial charge in [-0.3, -0.25) is 0 Å². The molecule has 0 aromatic heterocycles. The maximum Gasteiger partial charge on any atom is 0.115 e. The van der Waals surface area contributed by atoms with Crippen LogP contribution in [0.2, 0.25) is 0 Å². The quantitative estimate of drug-likeness (QED) is 0.807. The predicted molar refractivity (Wildman–Crippen MR) is 87.0 cm³/mol. The summed E-state index contributed by atoms with van der Waals surface area (Å²) in [5.74, 6) is 1.73. The zero-order chi connectivity index (χ0) is 15.3. The molecule has 2 N–H and O–H groups in total. The predicted octanol–water partition coefficient (Wildman–Crippen LogP) is 4.37. The van der Waals surface area contributed by atoms with Gasteiger partial charge in [0.2, 0.25) is 0 Å². The molecule has 2 aromatic rings. The van der Waals surface area contributed by atoms with E-state index >= 15 is 0 Å². The van der Waals surface area contributed by atoms with Crippen LogP contribution in [0.15, 0.2) is 60.7 Å². The van der Waals surface area contributed by atoms with Crippen LogP contribution in [0.1, 0.15) is 30.4 Å². The van der Waals surface area contributed by atoms with Crippen LogP contribution < -0.4 is 0 Å². The molecule has 2 bridgehead atoms. The van der Waals surface area contributed by atoms with E-state index in [4.69, 9.17) is 0 Å². The molecule has 0 heterocycles. The first kappa shape index (κ1) is 13.4. The van der Waals surface area contributed by atoms with Gasteiger partial charge < -0.3 is 10.2 Å². The number of phenols is 2. The highest BCUT2D eigenvalue weighted by atomic mass is 16.3. The summed E-state index contributed by atoms with van der Waals surface area (Å²) in [7, 11) is 0. The number of benzene rings is 2. The van der Waals surface area contributed by atoms with Gasteiger partial charge in [-0.2, -0.15) is 0 Å². The second-order valence-electron chi connectivity index (χ2n) is 6.63. The largest absolute Gasteiger partial charge is 0.508 e. The fourth-order valence-electron chi connectivity index (χ4n) is 4.73. The van der Waals surface area contributed by atoms with Crippen molar-refractivity contribution in [2.45, 2.75) is 24.7 Å². The Balaban J connectivity index is 1.94. The van der Waals surface area contributed by atoms with Crippen molar-refractivity contribution in [2.24, 2.45) is 11.8 Å². The van der Waals surface area contributed by atoms with Crippen molar-refractivity contribution in [1.29, 1.82) is 0 Å². The summed E-state index contributed by atoms with van der Waals surface area (Å²) in [5, 5.41) is 19.3. The monoisotopic (exact) mass is 292 g/mol. The van der Waals surface area contributed by atoms with Gasteiger partial charge in [-0.15, -0.1) is 0 Å². The first-order valence-corrected chi connectivity index (χ1v) is 7.90. The molecule has 2 fully saturated rings. The van der Waals surface area contributed by atoms with Crippen molar-refractivity contribution in [3.63, 3.8) is 0 Å². The van der Waals surface area contributed by atoms with Gasteiger partial charge >= 0.3 is 0 Å². The molecule has 2 aromatic carbocycles. The number of hydrogen-bond acceptors (Lipinski definition) is 2. The van der Waals surface area contributed by atoms with Crippen LogP contribution in [-0.4, -0.2) is 10.2 Å². The highest BCUT2D eigenvalue weighted by Gasteiger charge is 2.55. The molecule has 2 aliphatic rings. The molecular weight excluding hydrogens is 272 g/mol. The lowest BCUT2D eigenvalue weighted by Crippen LogP contribution is -2.35. The molecule has 0 aliphatic heterocycles. The van der Waals surface area contributed by atoms with Crippen LogP contribution in [0.3, 0.4) is 0 Å². The smallest absolute Gasteiger partial charge is 0.115 e. The van der Waals surface area contributed by atoms with Gasteiger partial charge in [-0.1, -0.05) is 36.4 Å². The van der Waals surface area contributed by atoms with Crippen LogP contribution in [0, 0.1) is 11.8 Å². The van der Waals surface area contributed by atoms with Gasteiger partial charge in [-0.25, -0.2) is 0 Å². The molecule has 2 aliphatic carbocycles. The van der Waals surface area contributed by atoms with E-state index < -0.39 is 0 Å². The minimum Gasteiger partial charge on any atom is -0.508 e. The van der Waals surface area contributed by atoms with E-state index in [2.05, 4.69) is 6.58 Å². The van der Waals surface area contributed by atoms with E-state index in [9.17, 15) is 10.2 Å². The topological polar surface area (TPSA) is 40.5 Å². The Hall–Kier alpha value is -2.22. The molecule has 2 nitrogen and oxygen atoms in total. The molecule has 2 saturated carbocycles. The Morgan fingerprint density at radius 1 is 0.818 bits per heavy atom. The SMILES string of the molecule is C=C1C2CCC(C2)C1(c1ccc(O)cc1)c1ccc(O)cc1. The zero-order valence-corrected chi connectivity index (χ0v) is 12.5. The highest BCUT2D eigenvalue weighted by Crippen LogP contribution is 2.62. The minimum atomic E-state index is -0.176. The van der Waals surface area contributed by atoms with E-state index in [0.717, 1.165) is 0 Å². The van der Waals surface area contributed by atoms with Gasteiger partial charge in [0.05, 0.1) is 0 Å². The van der Waals surface area contributed by atoms with Crippen molar-refractivity contribution in [1.82, 2.24) is 0 Å². The van der Waals surface area contributed by atoms with E-state index in [1.54, 1.807) is 24.3 Å². The van der Waals surface area contributed by atoms with Crippen molar-refractivity contribution >= 4 is 0 Å². The lowest BCUT2D eigenvalue weighted by molar-refractivity contribution is 0.392. The van der Waals surface area contributed by atoms with E-state index in [1.165, 1.54) is 36.0 Å². The van der Waals surface area contributed by atoms with Gasteiger partial charge in [0.1, 0.15) is 11.5 Å². The van der Waals surface area contributed by atoms with Crippen molar-refractivity contribution in [3.05, 3.63) is 71.8 Å². The van der Waals surface area contributed by atoms with Crippen molar-refractivity contribution < 1.29 is 10.2 Å². The second kappa shape index (κ2) is 4.64. The molecule has 22 heavy (non-hydrogen) atoms. The highest BCUT2D eigenvalue weighted by molar-refractivity contribution is 5.54. The summed E-state index contributed by atoms with van der Waals surface area (Å²) >= 11 is 0. The lowest BCUT2D eigenvalue weighted by atomic mass is 9.62. The summed E-state index contributed by atoms with van der Waals surface area (Å²) in [6.07, 6.45) is 3.65. The number of allylic oxidation sites excluding steroid dienone is 1. The van der Waals surface area contributed by atoms with Crippen LogP contribution in [-0.2, 0) is 5.41 Å². The summed E-state index contributed by atoms with van der Waals surface area (Å²) < 4.78 is 0. The van der Waals surface area contributed by atoms with Gasteiger partial charge in [0, 0.05) is 5.41 Å². The standard InChI is InChI=1S/C20H20O2/c1-13-14-2-3-17(12-14)20(13,15-4-8-18(21)9-5-15)16-6-10-19(22)11-7-16/h4-11,14,17,21-22H,1-3,12H2. The Morgan fingerprint density at radius 2 is 1.32 bits per heavy atom. The first-order valence-electron chi connectivity index (χ1n) is 7.90. The van der Waals surface area contributed by atoms with Crippen LogP contribution in [0.25, 0.3) is 0 Å². The molecule has 2 unspecified atom stereocenters. The number of hydrogen-bond donors (Lipinski definition) is 2. The molecule has 0 spiro atoms. The first-order chi connectivity index (χ1) is 10.6. The molecule has 4 rings (SSSR count). The Morgan fingerprint density at radius 3 is 1.73 bits per heavy atom. The number of rotatable bonds is 2. The Kier molecular flexibility index (Phi) is 2.83. The van der Waals surface area contributed by atoms with Gasteiger partial charge in [0.25, 0.3) is 0 Å². The molecule has 0 amide bonds. The molecule has 0 saturated heterocycles. The minimum absolute atomic E-state index is 0.176. The maximum absolute atomic E-state index is 9.63. The fourth-order valence-corrected chi connectivity index (χ4v) is 4.73. The van der Waals surface area contributed by atoms with Crippen LogP contribution in [0.5, 0.6) is 11.5 Å². The van der Waals surface area contributed by atoms with Gasteiger partial charge in [0.15, 0.2) is 0 Å². The molecule has 2 heteroatoms. The number of aromatic hydroxyl groups is 2. The number of fused-ring (bicyclic) bond motifs is 2. The summed E-state index contributed by atoms with van der Waals surface area (Å²) in [5.41, 5.74) is 3.52. The molecule has 2 atom stereocenters. The van der Waals surface area contributed by atoms with Crippen molar-refractivity contribution in [3.8, 4) is 11.5 Å². The van der Waals surface area contributed by atoms with Crippen molar-refractivity contribution in [2.75, 3.05) is 0 Å². The molecule has 0 radical (unpaired) electrons. The summed E-state index contributed by atoms with van der Waals surface area (Å²) in [4.78, 5) is 0. The number of phenolic OH excluding ortho intramolecular Hbond substituents is 2. The van der Waals surface area contributed by atoms with Gasteiger partial charge in [-0.05, 0) is 66.5 Å². The molecule has 112 valence electrons. The fraction of sp³-hybridized carbons (Fsp3) is 0.300. The average Bonchev–Trinajstić information content (AvgIpc) is 3.10. The van der Waals surface area contributed by atoms with E-state index in [1.807, 2.05) is 24.3 Å². The third kappa shape index (κ3) is 1.67.